The molecule has 20 heavy (non-hydrogen) atoms. The van der Waals surface area contributed by atoms with Crippen LogP contribution in [0.5, 0.6) is 0 Å². The molecule has 3 heteroatoms. The van der Waals surface area contributed by atoms with E-state index >= 15 is 0 Å². The van der Waals surface area contributed by atoms with Crippen LogP contribution in [0.15, 0.2) is 43.0 Å². The van der Waals surface area contributed by atoms with Gasteiger partial charge >= 0.3 is 0 Å². The van der Waals surface area contributed by atoms with Crippen molar-refractivity contribution in [3.8, 4) is 0 Å². The third kappa shape index (κ3) is 2.77. The third-order valence-corrected chi connectivity index (χ3v) is 3.88. The minimum Gasteiger partial charge on any atom is -0.381 e. The maximum absolute atomic E-state index is 4.73. The maximum atomic E-state index is 4.73. The highest BCUT2D eigenvalue weighted by Gasteiger charge is 2.15. The Balaban J connectivity index is 1.85. The van der Waals surface area contributed by atoms with Crippen LogP contribution in [-0.2, 0) is 0 Å². The fourth-order valence-corrected chi connectivity index (χ4v) is 2.85. The molecule has 2 N–H and O–H groups in total. The molecule has 0 radical (unpaired) electrons. The summed E-state index contributed by atoms with van der Waals surface area (Å²) < 4.78 is 0. The first kappa shape index (κ1) is 13.0. The Morgan fingerprint density at radius 2 is 2.05 bits per heavy atom. The van der Waals surface area contributed by atoms with Crippen LogP contribution in [0.1, 0.15) is 25.7 Å². The zero-order valence-electron chi connectivity index (χ0n) is 11.7. The third-order valence-electron chi connectivity index (χ3n) is 3.88. The number of nitrogens with zero attached hydrogens (tertiary/aromatic N) is 1. The average Bonchev–Trinajstić information content (AvgIpc) is 2.97. The van der Waals surface area contributed by atoms with Crippen molar-refractivity contribution in [3.63, 3.8) is 0 Å². The summed E-state index contributed by atoms with van der Waals surface area (Å²) in [6.45, 7) is 4.50. The van der Waals surface area contributed by atoms with E-state index in [1.54, 1.807) is 0 Å². The molecule has 0 unspecified atom stereocenters. The number of rotatable bonds is 5. The minimum absolute atomic E-state index is 0.599. The molecule has 2 aromatic rings. The zero-order chi connectivity index (χ0) is 13.8. The van der Waals surface area contributed by atoms with E-state index in [1.165, 1.54) is 25.7 Å². The van der Waals surface area contributed by atoms with Crippen molar-refractivity contribution in [1.82, 2.24) is 4.98 Å². The summed E-state index contributed by atoms with van der Waals surface area (Å²) in [7, 11) is 0. The molecule has 1 aromatic carbocycles. The first-order valence-corrected chi connectivity index (χ1v) is 7.38. The van der Waals surface area contributed by atoms with Gasteiger partial charge in [-0.05, 0) is 37.1 Å². The van der Waals surface area contributed by atoms with Gasteiger partial charge in [0.25, 0.3) is 0 Å². The van der Waals surface area contributed by atoms with Gasteiger partial charge in [0.15, 0.2) is 0 Å². The molecule has 3 rings (SSSR count). The monoisotopic (exact) mass is 267 g/mol. The van der Waals surface area contributed by atoms with Gasteiger partial charge in [-0.2, -0.15) is 0 Å². The fraction of sp³-hybridized carbons (Fsp3) is 0.353. The van der Waals surface area contributed by atoms with Crippen molar-refractivity contribution in [3.05, 3.63) is 43.0 Å². The summed E-state index contributed by atoms with van der Waals surface area (Å²) in [4.78, 5) is 4.73. The number of pyridine rings is 1. The second kappa shape index (κ2) is 5.95. The standard InChI is InChI=1S/C17H21N3/c1-2-12-18-15-8-5-9-16-14(15)10-11-17(20-16)19-13-6-3-4-7-13/h2,5,8-11,13,18H,1,3-4,6-7,12H2,(H,19,20). The Kier molecular flexibility index (Phi) is 3.86. The van der Waals surface area contributed by atoms with E-state index < -0.39 is 0 Å². The lowest BCUT2D eigenvalue weighted by molar-refractivity contribution is 0.751. The number of benzene rings is 1. The molecular formula is C17H21N3. The zero-order valence-corrected chi connectivity index (χ0v) is 11.7. The van der Waals surface area contributed by atoms with Gasteiger partial charge in [-0.1, -0.05) is 25.0 Å². The van der Waals surface area contributed by atoms with E-state index in [9.17, 15) is 0 Å². The van der Waals surface area contributed by atoms with Crippen LogP contribution in [0, 0.1) is 0 Å². The van der Waals surface area contributed by atoms with Gasteiger partial charge in [0.2, 0.25) is 0 Å². The van der Waals surface area contributed by atoms with E-state index in [2.05, 4.69) is 41.5 Å². The van der Waals surface area contributed by atoms with Crippen molar-refractivity contribution in [2.45, 2.75) is 31.7 Å². The lowest BCUT2D eigenvalue weighted by Crippen LogP contribution is -2.15. The van der Waals surface area contributed by atoms with Crippen LogP contribution in [0.4, 0.5) is 11.5 Å². The number of fused-ring (bicyclic) bond motifs is 1. The predicted molar refractivity (Wildman–Crippen MR) is 86.3 cm³/mol. The fourth-order valence-electron chi connectivity index (χ4n) is 2.85. The van der Waals surface area contributed by atoms with Crippen LogP contribution in [0.2, 0.25) is 0 Å². The Bertz CT molecular complexity index is 600. The molecule has 0 atom stereocenters. The van der Waals surface area contributed by atoms with E-state index in [-0.39, 0.29) is 0 Å². The first-order chi connectivity index (χ1) is 9.86. The van der Waals surface area contributed by atoms with E-state index in [4.69, 9.17) is 4.98 Å². The molecule has 1 aliphatic rings. The predicted octanol–water partition coefficient (Wildman–Crippen LogP) is 4.19. The second-order valence-electron chi connectivity index (χ2n) is 5.36. The quantitative estimate of drug-likeness (QED) is 0.798. The molecule has 3 nitrogen and oxygen atoms in total. The molecule has 1 heterocycles. The molecule has 0 aliphatic heterocycles. The Hall–Kier alpha value is -2.03. The van der Waals surface area contributed by atoms with Crippen LogP contribution in [0.25, 0.3) is 10.9 Å². The van der Waals surface area contributed by atoms with Crippen molar-refractivity contribution in [2.75, 3.05) is 17.2 Å². The molecule has 1 fully saturated rings. The summed E-state index contributed by atoms with van der Waals surface area (Å²) >= 11 is 0. The summed E-state index contributed by atoms with van der Waals surface area (Å²) in [5.74, 6) is 0.991. The molecule has 0 spiro atoms. The van der Waals surface area contributed by atoms with Gasteiger partial charge in [-0.15, -0.1) is 6.58 Å². The second-order valence-corrected chi connectivity index (χ2v) is 5.36. The summed E-state index contributed by atoms with van der Waals surface area (Å²) in [5, 5.41) is 8.06. The largest absolute Gasteiger partial charge is 0.381 e. The Morgan fingerprint density at radius 3 is 2.85 bits per heavy atom. The average molecular weight is 267 g/mol. The van der Waals surface area contributed by atoms with E-state index in [0.717, 1.165) is 29.0 Å². The molecule has 0 saturated heterocycles. The highest BCUT2D eigenvalue weighted by atomic mass is 15.0. The van der Waals surface area contributed by atoms with Crippen molar-refractivity contribution in [1.29, 1.82) is 0 Å². The van der Waals surface area contributed by atoms with Gasteiger partial charge < -0.3 is 10.6 Å². The lowest BCUT2D eigenvalue weighted by atomic mass is 10.1. The first-order valence-electron chi connectivity index (χ1n) is 7.38. The highest BCUT2D eigenvalue weighted by Crippen LogP contribution is 2.26. The molecule has 1 aromatic heterocycles. The van der Waals surface area contributed by atoms with Gasteiger partial charge in [0.1, 0.15) is 5.82 Å². The van der Waals surface area contributed by atoms with Gasteiger partial charge in [0, 0.05) is 23.7 Å². The van der Waals surface area contributed by atoms with E-state index in [0.29, 0.717) is 6.04 Å². The molecular weight excluding hydrogens is 246 g/mol. The lowest BCUT2D eigenvalue weighted by Gasteiger charge is -2.14. The van der Waals surface area contributed by atoms with Crippen molar-refractivity contribution < 1.29 is 0 Å². The Morgan fingerprint density at radius 1 is 1.20 bits per heavy atom. The number of anilines is 2. The highest BCUT2D eigenvalue weighted by molar-refractivity contribution is 5.92. The van der Waals surface area contributed by atoms with Crippen LogP contribution >= 0.6 is 0 Å². The van der Waals surface area contributed by atoms with Crippen LogP contribution in [-0.4, -0.2) is 17.6 Å². The summed E-state index contributed by atoms with van der Waals surface area (Å²) in [6.07, 6.45) is 7.06. The maximum Gasteiger partial charge on any atom is 0.126 e. The topological polar surface area (TPSA) is 37.0 Å². The van der Waals surface area contributed by atoms with Gasteiger partial charge in [-0.25, -0.2) is 4.98 Å². The number of hydrogen-bond donors (Lipinski definition) is 2. The van der Waals surface area contributed by atoms with Crippen LogP contribution < -0.4 is 10.6 Å². The molecule has 0 bridgehead atoms. The Labute approximate surface area is 120 Å². The van der Waals surface area contributed by atoms with Gasteiger partial charge in [0.05, 0.1) is 5.52 Å². The molecule has 1 saturated carbocycles. The smallest absolute Gasteiger partial charge is 0.126 e. The number of hydrogen-bond acceptors (Lipinski definition) is 3. The minimum atomic E-state index is 0.599. The van der Waals surface area contributed by atoms with E-state index in [1.807, 2.05) is 12.1 Å². The number of aromatic nitrogens is 1. The normalized spacial score (nSPS) is 15.4. The van der Waals surface area contributed by atoms with Crippen molar-refractivity contribution >= 4 is 22.4 Å². The SMILES string of the molecule is C=CCNc1cccc2nc(NC3CCCC3)ccc12. The molecule has 104 valence electrons. The summed E-state index contributed by atoms with van der Waals surface area (Å²) in [6, 6.07) is 11.0. The summed E-state index contributed by atoms with van der Waals surface area (Å²) in [5.41, 5.74) is 2.14. The van der Waals surface area contributed by atoms with Crippen LogP contribution in [0.3, 0.4) is 0 Å². The van der Waals surface area contributed by atoms with Crippen molar-refractivity contribution in [2.24, 2.45) is 0 Å². The number of nitrogens with one attached hydrogen (secondary N) is 2. The van der Waals surface area contributed by atoms with Gasteiger partial charge in [-0.3, -0.25) is 0 Å². The molecule has 0 amide bonds. The molecule has 1 aliphatic carbocycles.